The van der Waals surface area contributed by atoms with E-state index in [1.165, 1.54) is 12.8 Å². The lowest BCUT2D eigenvalue weighted by molar-refractivity contribution is -0.136. The van der Waals surface area contributed by atoms with Crippen molar-refractivity contribution in [1.29, 1.82) is 0 Å². The van der Waals surface area contributed by atoms with Gasteiger partial charge in [0.05, 0.1) is 0 Å². The number of nitrogens with zero attached hydrogens (tertiary/aromatic N) is 1. The lowest BCUT2D eigenvalue weighted by Crippen LogP contribution is -2.54. The molecule has 2 atom stereocenters. The van der Waals surface area contributed by atoms with E-state index >= 15 is 0 Å². The van der Waals surface area contributed by atoms with E-state index in [1.807, 2.05) is 4.90 Å². The summed E-state index contributed by atoms with van der Waals surface area (Å²) in [6, 6.07) is 0.583. The van der Waals surface area contributed by atoms with Gasteiger partial charge >= 0.3 is 0 Å². The van der Waals surface area contributed by atoms with Crippen molar-refractivity contribution in [3.63, 3.8) is 0 Å². The van der Waals surface area contributed by atoms with E-state index in [9.17, 15) is 4.79 Å². The molecular weight excluding hydrogens is 164 g/mol. The second-order valence-corrected chi connectivity index (χ2v) is 4.21. The van der Waals surface area contributed by atoms with Gasteiger partial charge in [-0.25, -0.2) is 0 Å². The third-order valence-corrected chi connectivity index (χ3v) is 3.31. The summed E-state index contributed by atoms with van der Waals surface area (Å²) in [5.41, 5.74) is 6.03. The molecule has 0 aromatic carbocycles. The van der Waals surface area contributed by atoms with Crippen LogP contribution in [0.25, 0.3) is 0 Å². The second-order valence-electron chi connectivity index (χ2n) is 4.21. The van der Waals surface area contributed by atoms with Crippen LogP contribution in [0, 0.1) is 0 Å². The fourth-order valence-electron chi connectivity index (χ4n) is 2.52. The lowest BCUT2D eigenvalue weighted by atomic mass is 9.94. The first kappa shape index (κ1) is 9.00. The average molecular weight is 182 g/mol. The maximum atomic E-state index is 11.6. The molecule has 2 aliphatic rings. The Bertz CT molecular complexity index is 205. The zero-order valence-electron chi connectivity index (χ0n) is 8.04. The Morgan fingerprint density at radius 3 is 2.92 bits per heavy atom. The van der Waals surface area contributed by atoms with E-state index in [0.717, 1.165) is 25.8 Å². The van der Waals surface area contributed by atoms with Gasteiger partial charge < -0.3 is 10.6 Å². The van der Waals surface area contributed by atoms with Crippen molar-refractivity contribution in [3.8, 4) is 0 Å². The highest BCUT2D eigenvalue weighted by Crippen LogP contribution is 2.25. The van der Waals surface area contributed by atoms with Gasteiger partial charge in [-0.2, -0.15) is 0 Å². The van der Waals surface area contributed by atoms with Crippen LogP contribution in [0.1, 0.15) is 38.5 Å². The number of hydrogen-bond donors (Lipinski definition) is 1. The maximum absolute atomic E-state index is 11.6. The Hall–Kier alpha value is -0.570. The number of nitrogens with two attached hydrogens (primary N) is 1. The summed E-state index contributed by atoms with van der Waals surface area (Å²) in [7, 11) is 0. The number of carbonyl (C=O) groups is 1. The molecule has 0 aliphatic carbocycles. The van der Waals surface area contributed by atoms with Crippen LogP contribution in [-0.2, 0) is 4.79 Å². The van der Waals surface area contributed by atoms with Crippen LogP contribution in [0.4, 0.5) is 0 Å². The monoisotopic (exact) mass is 182 g/mol. The fourth-order valence-corrected chi connectivity index (χ4v) is 2.52. The Kier molecular flexibility index (Phi) is 2.54. The molecule has 2 heterocycles. The second kappa shape index (κ2) is 3.66. The van der Waals surface area contributed by atoms with E-state index in [-0.39, 0.29) is 6.04 Å². The highest BCUT2D eigenvalue weighted by atomic mass is 16.2. The smallest absolute Gasteiger partial charge is 0.222 e. The molecule has 0 aromatic rings. The van der Waals surface area contributed by atoms with Gasteiger partial charge in [0.15, 0.2) is 0 Å². The minimum Gasteiger partial charge on any atom is -0.338 e. The fraction of sp³-hybridized carbons (Fsp3) is 0.900. The Labute approximate surface area is 79.3 Å². The molecule has 2 saturated heterocycles. The zero-order chi connectivity index (χ0) is 9.26. The normalized spacial score (nSPS) is 35.5. The largest absolute Gasteiger partial charge is 0.338 e. The molecule has 13 heavy (non-hydrogen) atoms. The highest BCUT2D eigenvalue weighted by Gasteiger charge is 2.33. The maximum Gasteiger partial charge on any atom is 0.222 e. The molecule has 0 radical (unpaired) electrons. The summed E-state index contributed by atoms with van der Waals surface area (Å²) in [5, 5.41) is 0. The SMILES string of the molecule is N[C@H]1CCC(=O)N2CCCCC[C@H]12. The number of fused-ring (bicyclic) bond motifs is 1. The van der Waals surface area contributed by atoms with Crippen molar-refractivity contribution in [3.05, 3.63) is 0 Å². The van der Waals surface area contributed by atoms with Gasteiger partial charge in [-0.05, 0) is 19.3 Å². The van der Waals surface area contributed by atoms with Crippen LogP contribution < -0.4 is 5.73 Å². The molecular formula is C10H18N2O. The number of carbonyl (C=O) groups excluding carboxylic acids is 1. The molecule has 0 bridgehead atoms. The summed E-state index contributed by atoms with van der Waals surface area (Å²) < 4.78 is 0. The first-order chi connectivity index (χ1) is 6.29. The minimum atomic E-state index is 0.232. The van der Waals surface area contributed by atoms with E-state index < -0.39 is 0 Å². The Morgan fingerprint density at radius 1 is 1.23 bits per heavy atom. The van der Waals surface area contributed by atoms with Crippen LogP contribution in [0.2, 0.25) is 0 Å². The number of amides is 1. The van der Waals surface area contributed by atoms with Gasteiger partial charge in [-0.1, -0.05) is 12.8 Å². The Balaban J connectivity index is 2.11. The van der Waals surface area contributed by atoms with Crippen LogP contribution in [0.5, 0.6) is 0 Å². The molecule has 0 unspecified atom stereocenters. The molecule has 74 valence electrons. The van der Waals surface area contributed by atoms with Crippen molar-refractivity contribution in [2.75, 3.05) is 6.54 Å². The summed E-state index contributed by atoms with van der Waals surface area (Å²) >= 11 is 0. The topological polar surface area (TPSA) is 46.3 Å². The third kappa shape index (κ3) is 1.70. The first-order valence-corrected chi connectivity index (χ1v) is 5.34. The van der Waals surface area contributed by atoms with Gasteiger partial charge in [-0.3, -0.25) is 4.79 Å². The van der Waals surface area contributed by atoms with Gasteiger partial charge in [0.2, 0.25) is 5.91 Å². The molecule has 2 aliphatic heterocycles. The van der Waals surface area contributed by atoms with Crippen LogP contribution in [-0.4, -0.2) is 29.4 Å². The number of rotatable bonds is 0. The van der Waals surface area contributed by atoms with Gasteiger partial charge in [0.25, 0.3) is 0 Å². The van der Waals surface area contributed by atoms with Crippen molar-refractivity contribution in [2.45, 2.75) is 50.6 Å². The number of piperidine rings is 1. The quantitative estimate of drug-likeness (QED) is 0.604. The lowest BCUT2D eigenvalue weighted by Gasteiger charge is -2.38. The van der Waals surface area contributed by atoms with Crippen molar-refractivity contribution in [2.24, 2.45) is 5.73 Å². The average Bonchev–Trinajstić information content (AvgIpc) is 2.37. The third-order valence-electron chi connectivity index (χ3n) is 3.31. The van der Waals surface area contributed by atoms with E-state index in [1.54, 1.807) is 0 Å². The minimum absolute atomic E-state index is 0.232. The Morgan fingerprint density at radius 2 is 2.08 bits per heavy atom. The number of hydrogen-bond acceptors (Lipinski definition) is 2. The van der Waals surface area contributed by atoms with Crippen LogP contribution in [0.15, 0.2) is 0 Å². The molecule has 2 N–H and O–H groups in total. The predicted molar refractivity (Wildman–Crippen MR) is 51.2 cm³/mol. The first-order valence-electron chi connectivity index (χ1n) is 5.34. The van der Waals surface area contributed by atoms with Gasteiger partial charge in [0, 0.05) is 25.0 Å². The van der Waals surface area contributed by atoms with Crippen LogP contribution in [0.3, 0.4) is 0 Å². The molecule has 0 aromatic heterocycles. The summed E-state index contributed by atoms with van der Waals surface area (Å²) in [6.07, 6.45) is 6.33. The molecule has 0 spiro atoms. The molecule has 0 saturated carbocycles. The standard InChI is InChI=1S/C10H18N2O/c11-8-5-6-10(13)12-7-3-1-2-4-9(8)12/h8-9H,1-7,11H2/t8-,9+/m0/s1. The highest BCUT2D eigenvalue weighted by molar-refractivity contribution is 5.77. The molecule has 3 nitrogen and oxygen atoms in total. The zero-order valence-corrected chi connectivity index (χ0v) is 8.04. The summed E-state index contributed by atoms with van der Waals surface area (Å²) in [4.78, 5) is 13.6. The van der Waals surface area contributed by atoms with Crippen molar-refractivity contribution in [1.82, 2.24) is 4.90 Å². The van der Waals surface area contributed by atoms with Crippen molar-refractivity contribution >= 4 is 5.91 Å². The molecule has 1 amide bonds. The van der Waals surface area contributed by atoms with Crippen molar-refractivity contribution < 1.29 is 4.79 Å². The predicted octanol–water partition coefficient (Wildman–Crippen LogP) is 0.879. The van der Waals surface area contributed by atoms with E-state index in [0.29, 0.717) is 18.4 Å². The van der Waals surface area contributed by atoms with E-state index in [4.69, 9.17) is 5.73 Å². The van der Waals surface area contributed by atoms with Gasteiger partial charge in [-0.15, -0.1) is 0 Å². The molecule has 2 rings (SSSR count). The molecule has 3 heteroatoms. The van der Waals surface area contributed by atoms with E-state index in [2.05, 4.69) is 0 Å². The van der Waals surface area contributed by atoms with Crippen LogP contribution >= 0.6 is 0 Å². The summed E-state index contributed by atoms with van der Waals surface area (Å²) in [5.74, 6) is 0.327. The van der Waals surface area contributed by atoms with Gasteiger partial charge in [0.1, 0.15) is 0 Å². The molecule has 2 fully saturated rings. The summed E-state index contributed by atoms with van der Waals surface area (Å²) in [6.45, 7) is 0.942.